The standard InChI is InChI=1S/C12H24O2Si/c1-10(2,3)15-14-11(4,5)12(9-13)7-6-8-12/h9H,6-8,15H2,1-5H3. The molecule has 0 aromatic carbocycles. The third-order valence-corrected chi connectivity index (χ3v) is 5.27. The van der Waals surface area contributed by atoms with Gasteiger partial charge in [0.2, 0.25) is 0 Å². The van der Waals surface area contributed by atoms with E-state index in [2.05, 4.69) is 34.6 Å². The molecule has 0 bridgehead atoms. The van der Waals surface area contributed by atoms with Crippen LogP contribution in [-0.4, -0.2) is 21.7 Å². The number of hydrogen-bond donors (Lipinski definition) is 0. The molecule has 0 spiro atoms. The zero-order valence-corrected chi connectivity index (χ0v) is 12.1. The van der Waals surface area contributed by atoms with Crippen LogP contribution in [-0.2, 0) is 9.22 Å². The van der Waals surface area contributed by atoms with Crippen LogP contribution in [0.2, 0.25) is 5.04 Å². The van der Waals surface area contributed by atoms with Crippen LogP contribution in [0.1, 0.15) is 53.9 Å². The molecule has 0 aromatic heterocycles. The predicted octanol–water partition coefficient (Wildman–Crippen LogP) is 2.45. The van der Waals surface area contributed by atoms with E-state index in [0.29, 0.717) is 5.04 Å². The molecular weight excluding hydrogens is 204 g/mol. The molecule has 0 amide bonds. The molecule has 2 nitrogen and oxygen atoms in total. The average molecular weight is 228 g/mol. The smallest absolute Gasteiger partial charge is 0.167 e. The summed E-state index contributed by atoms with van der Waals surface area (Å²) in [5.41, 5.74) is -0.447. The van der Waals surface area contributed by atoms with Crippen molar-refractivity contribution in [3.05, 3.63) is 0 Å². The normalized spacial score (nSPS) is 21.7. The van der Waals surface area contributed by atoms with Gasteiger partial charge in [0.25, 0.3) is 0 Å². The number of carbonyl (C=O) groups excluding carboxylic acids is 1. The third-order valence-electron chi connectivity index (χ3n) is 3.54. The van der Waals surface area contributed by atoms with E-state index in [1.807, 2.05) is 0 Å². The van der Waals surface area contributed by atoms with Crippen molar-refractivity contribution >= 4 is 16.0 Å². The number of hydrogen-bond acceptors (Lipinski definition) is 2. The first kappa shape index (κ1) is 12.9. The fourth-order valence-electron chi connectivity index (χ4n) is 1.96. The van der Waals surface area contributed by atoms with Crippen LogP contribution in [0.3, 0.4) is 0 Å². The summed E-state index contributed by atoms with van der Waals surface area (Å²) in [4.78, 5) is 11.2. The van der Waals surface area contributed by atoms with Crippen molar-refractivity contribution < 1.29 is 9.22 Å². The molecule has 88 valence electrons. The molecule has 3 heteroatoms. The van der Waals surface area contributed by atoms with E-state index >= 15 is 0 Å². The van der Waals surface area contributed by atoms with E-state index in [0.717, 1.165) is 19.1 Å². The van der Waals surface area contributed by atoms with E-state index in [1.165, 1.54) is 6.42 Å². The summed E-state index contributed by atoms with van der Waals surface area (Å²) in [5, 5.41) is 0.297. The number of aldehydes is 1. The Morgan fingerprint density at radius 3 is 2.00 bits per heavy atom. The monoisotopic (exact) mass is 228 g/mol. The van der Waals surface area contributed by atoms with Gasteiger partial charge in [-0.3, -0.25) is 0 Å². The SMILES string of the molecule is CC(C)(C)[SiH2]OC(C)(C)C1(C=O)CCC1. The molecule has 0 heterocycles. The Kier molecular flexibility index (Phi) is 3.46. The van der Waals surface area contributed by atoms with Crippen LogP contribution in [0.15, 0.2) is 0 Å². The highest BCUT2D eigenvalue weighted by Crippen LogP contribution is 2.49. The highest BCUT2D eigenvalue weighted by molar-refractivity contribution is 6.31. The summed E-state index contributed by atoms with van der Waals surface area (Å²) >= 11 is 0. The second-order valence-electron chi connectivity index (χ2n) is 6.49. The van der Waals surface area contributed by atoms with E-state index in [9.17, 15) is 4.79 Å². The Bertz CT molecular complexity index is 236. The van der Waals surface area contributed by atoms with Gasteiger partial charge in [0.05, 0.1) is 11.0 Å². The van der Waals surface area contributed by atoms with Gasteiger partial charge in [-0.05, 0) is 31.7 Å². The quantitative estimate of drug-likeness (QED) is 0.546. The minimum Gasteiger partial charge on any atom is -0.418 e. The van der Waals surface area contributed by atoms with Crippen molar-refractivity contribution in [3.63, 3.8) is 0 Å². The highest BCUT2D eigenvalue weighted by Gasteiger charge is 2.50. The zero-order chi connectivity index (χ0) is 11.7. The van der Waals surface area contributed by atoms with E-state index in [1.54, 1.807) is 0 Å². The molecule has 0 radical (unpaired) electrons. The van der Waals surface area contributed by atoms with Crippen molar-refractivity contribution in [2.75, 3.05) is 0 Å². The molecule has 0 atom stereocenters. The highest BCUT2D eigenvalue weighted by atomic mass is 28.2. The van der Waals surface area contributed by atoms with Gasteiger partial charge in [-0.15, -0.1) is 0 Å². The molecule has 1 fully saturated rings. The van der Waals surface area contributed by atoms with Crippen LogP contribution in [0.5, 0.6) is 0 Å². The number of rotatable bonds is 4. The maximum atomic E-state index is 11.2. The third kappa shape index (κ3) is 2.70. The van der Waals surface area contributed by atoms with Gasteiger partial charge in [-0.25, -0.2) is 0 Å². The summed E-state index contributed by atoms with van der Waals surface area (Å²) in [6, 6.07) is 0. The van der Waals surface area contributed by atoms with Crippen LogP contribution < -0.4 is 0 Å². The predicted molar refractivity (Wildman–Crippen MR) is 65.8 cm³/mol. The molecule has 1 aliphatic carbocycles. The minimum absolute atomic E-state index is 0.189. The lowest BCUT2D eigenvalue weighted by molar-refractivity contribution is -0.139. The second kappa shape index (κ2) is 4.02. The van der Waals surface area contributed by atoms with Crippen LogP contribution in [0.25, 0.3) is 0 Å². The van der Waals surface area contributed by atoms with E-state index in [4.69, 9.17) is 4.43 Å². The molecule has 0 aliphatic heterocycles. The molecule has 15 heavy (non-hydrogen) atoms. The fraction of sp³-hybridized carbons (Fsp3) is 0.917. The van der Waals surface area contributed by atoms with Crippen molar-refractivity contribution in [1.29, 1.82) is 0 Å². The summed E-state index contributed by atoms with van der Waals surface area (Å²) in [7, 11) is -0.578. The lowest BCUT2D eigenvalue weighted by atomic mass is 9.61. The molecule has 1 aliphatic rings. The molecule has 0 aromatic rings. The molecule has 1 rings (SSSR count). The minimum atomic E-state index is -0.578. The van der Waals surface area contributed by atoms with Crippen molar-refractivity contribution in [3.8, 4) is 0 Å². The Balaban J connectivity index is 2.62. The molecule has 0 N–H and O–H groups in total. The Hall–Kier alpha value is -0.153. The first-order chi connectivity index (χ1) is 6.72. The average Bonchev–Trinajstić information content (AvgIpc) is 1.98. The Labute approximate surface area is 95.7 Å². The number of carbonyl (C=O) groups is 1. The topological polar surface area (TPSA) is 26.3 Å². The summed E-state index contributed by atoms with van der Waals surface area (Å²) in [5.74, 6) is 0. The van der Waals surface area contributed by atoms with E-state index in [-0.39, 0.29) is 11.0 Å². The van der Waals surface area contributed by atoms with E-state index < -0.39 is 9.76 Å². The van der Waals surface area contributed by atoms with Gasteiger partial charge >= 0.3 is 0 Å². The summed E-state index contributed by atoms with van der Waals surface area (Å²) in [6.45, 7) is 10.8. The fourth-order valence-corrected chi connectivity index (χ4v) is 3.04. The Morgan fingerprint density at radius 2 is 1.73 bits per heavy atom. The zero-order valence-electron chi connectivity index (χ0n) is 10.7. The van der Waals surface area contributed by atoms with Gasteiger partial charge in [-0.1, -0.05) is 27.2 Å². The maximum absolute atomic E-state index is 11.2. The molecular formula is C12H24O2Si. The molecule has 1 saturated carbocycles. The maximum Gasteiger partial charge on any atom is 0.167 e. The van der Waals surface area contributed by atoms with Crippen LogP contribution in [0, 0.1) is 5.41 Å². The van der Waals surface area contributed by atoms with Crippen molar-refractivity contribution in [2.24, 2.45) is 5.41 Å². The lowest BCUT2D eigenvalue weighted by Crippen LogP contribution is -2.52. The van der Waals surface area contributed by atoms with Gasteiger partial charge < -0.3 is 9.22 Å². The molecule has 0 unspecified atom stereocenters. The summed E-state index contributed by atoms with van der Waals surface area (Å²) < 4.78 is 6.10. The Morgan fingerprint density at radius 1 is 1.20 bits per heavy atom. The largest absolute Gasteiger partial charge is 0.418 e. The first-order valence-corrected chi connectivity index (χ1v) is 7.11. The van der Waals surface area contributed by atoms with Crippen molar-refractivity contribution in [2.45, 2.75) is 64.5 Å². The van der Waals surface area contributed by atoms with Crippen molar-refractivity contribution in [1.82, 2.24) is 0 Å². The van der Waals surface area contributed by atoms with Gasteiger partial charge in [-0.2, -0.15) is 0 Å². The summed E-state index contributed by atoms with van der Waals surface area (Å²) in [6.07, 6.45) is 4.31. The lowest BCUT2D eigenvalue weighted by Gasteiger charge is -2.49. The van der Waals surface area contributed by atoms with Crippen LogP contribution in [0.4, 0.5) is 0 Å². The second-order valence-corrected chi connectivity index (χ2v) is 9.19. The van der Waals surface area contributed by atoms with Gasteiger partial charge in [0, 0.05) is 0 Å². The van der Waals surface area contributed by atoms with Gasteiger partial charge in [0.15, 0.2) is 9.76 Å². The van der Waals surface area contributed by atoms with Gasteiger partial charge in [0.1, 0.15) is 6.29 Å². The first-order valence-electron chi connectivity index (χ1n) is 5.83. The molecule has 0 saturated heterocycles. The van der Waals surface area contributed by atoms with Crippen LogP contribution >= 0.6 is 0 Å².